The smallest absolute Gasteiger partial charge is 0.255 e. The highest BCUT2D eigenvalue weighted by molar-refractivity contribution is 7.84. The first-order valence-electron chi connectivity index (χ1n) is 21.1. The maximum atomic E-state index is 14.2. The minimum absolute atomic E-state index is 0.691. The topological polar surface area (TPSA) is 20.9 Å². The normalized spacial score (nSPS) is 13.8. The number of rotatable bonds is 7. The Morgan fingerprint density at radius 3 is 0.870 bits per heavy atom. The van der Waals surface area contributed by atoms with E-state index in [-0.39, 0.29) is 0 Å². The van der Waals surface area contributed by atoms with Gasteiger partial charge in [-0.2, -0.15) is 127 Å². The largest absolute Gasteiger partial charge is 0.416 e. The molecule has 0 aliphatic rings. The van der Waals surface area contributed by atoms with E-state index in [1.54, 1.807) is 6.26 Å². The van der Waals surface area contributed by atoms with Gasteiger partial charge in [-0.05, 0) is 47.9 Å². The first-order chi connectivity index (χ1) is 35.0. The Hall–Kier alpha value is -6.74. The van der Waals surface area contributed by atoms with Crippen LogP contribution in [0.2, 0.25) is 0 Å². The van der Waals surface area contributed by atoms with Gasteiger partial charge in [0.05, 0.1) is 44.5 Å². The molecular weight excluding hydrogens is 1120 g/mol. The Bertz CT molecular complexity index is 2870. The molecule has 0 aliphatic heterocycles. The Morgan fingerprint density at radius 2 is 0.623 bits per heavy atom. The number of nitrogens with zero attached hydrogens (tertiary/aromatic N) is 1. The third-order valence-electron chi connectivity index (χ3n) is 11.8. The number of hydrogen-bond acceptors (Lipinski definition) is 1. The molecular formula is C49H28BF24NOS. The summed E-state index contributed by atoms with van der Waals surface area (Å²) in [5.74, 6) is 0. The Morgan fingerprint density at radius 1 is 0.364 bits per heavy atom. The van der Waals surface area contributed by atoms with E-state index in [0.29, 0.717) is 0 Å². The van der Waals surface area contributed by atoms with Gasteiger partial charge in [0.2, 0.25) is 0 Å². The van der Waals surface area contributed by atoms with Crippen LogP contribution < -0.4 is 26.4 Å². The molecule has 2 nitrogen and oxygen atoms in total. The van der Waals surface area contributed by atoms with Gasteiger partial charge in [-0.15, -0.1) is 0 Å². The van der Waals surface area contributed by atoms with Gasteiger partial charge in [0, 0.05) is 39.0 Å². The highest BCUT2D eigenvalue weighted by Gasteiger charge is 2.47. The number of pyridine rings is 1. The molecule has 6 aromatic carbocycles. The van der Waals surface area contributed by atoms with Crippen molar-refractivity contribution in [3.63, 3.8) is 0 Å². The van der Waals surface area contributed by atoms with Crippen molar-refractivity contribution >= 4 is 49.6 Å². The molecule has 7 aromatic rings. The second-order valence-electron chi connectivity index (χ2n) is 17.1. The number of alkyl halides is 24. The standard InChI is InChI=1S/C32H12BF24.C17H16NOS/c34-25(35,36)13-1-14(26(37,38)39)6-21(5-13)33(22-7-15(27(40,41)42)2-16(8-22)28(43,44)45,23-9-17(29(46,47)48)3-18(10-23)30(49,50)51)24-11-19(31(52,53)54)4-20(12-24)32(55,56)57;1-20(19)17-8-6-14(7-9-17)12-18-11-10-15-4-2-3-5-16(15)13-18/h1-12H;2-11,13H,12H2,1H3/q-1;+1. The molecule has 0 N–H and O–H groups in total. The zero-order chi connectivity index (χ0) is 57.9. The van der Waals surface area contributed by atoms with Crippen molar-refractivity contribution in [2.45, 2.75) is 60.9 Å². The predicted molar refractivity (Wildman–Crippen MR) is 232 cm³/mol. The summed E-state index contributed by atoms with van der Waals surface area (Å²) in [6.45, 7) is 0.821. The van der Waals surface area contributed by atoms with Gasteiger partial charge in [0.15, 0.2) is 18.9 Å². The number of fused-ring (bicyclic) bond motifs is 1. The lowest BCUT2D eigenvalue weighted by atomic mass is 9.12. The molecule has 1 atom stereocenters. The molecule has 412 valence electrons. The number of hydrogen-bond donors (Lipinski definition) is 0. The van der Waals surface area contributed by atoms with Crippen molar-refractivity contribution in [1.82, 2.24) is 0 Å². The van der Waals surface area contributed by atoms with Crippen LogP contribution in [0.5, 0.6) is 0 Å². The molecule has 0 bridgehead atoms. The van der Waals surface area contributed by atoms with Crippen molar-refractivity contribution in [3.05, 3.63) is 190 Å². The van der Waals surface area contributed by atoms with Gasteiger partial charge in [-0.25, -0.2) is 4.57 Å². The molecule has 0 spiro atoms. The van der Waals surface area contributed by atoms with Gasteiger partial charge in [0.1, 0.15) is 6.15 Å². The predicted octanol–water partition coefficient (Wildman–Crippen LogP) is 14.1. The minimum Gasteiger partial charge on any atom is -0.255 e. The average Bonchev–Trinajstić information content (AvgIpc) is 3.29. The van der Waals surface area contributed by atoms with Gasteiger partial charge < -0.3 is 0 Å². The number of halogens is 24. The lowest BCUT2D eigenvalue weighted by Gasteiger charge is -2.46. The van der Waals surface area contributed by atoms with Gasteiger partial charge in [0.25, 0.3) is 0 Å². The second kappa shape index (κ2) is 20.6. The first-order valence-corrected chi connectivity index (χ1v) is 22.7. The van der Waals surface area contributed by atoms with Gasteiger partial charge >= 0.3 is 49.4 Å². The molecule has 0 saturated heterocycles. The van der Waals surface area contributed by atoms with Crippen LogP contribution in [0, 0.1) is 0 Å². The monoisotopic (exact) mass is 1150 g/mol. The molecule has 7 rings (SSSR count). The maximum absolute atomic E-state index is 14.2. The van der Waals surface area contributed by atoms with Gasteiger partial charge in [-0.1, -0.05) is 78.9 Å². The summed E-state index contributed by atoms with van der Waals surface area (Å²) in [4.78, 5) is 0.872. The molecule has 77 heavy (non-hydrogen) atoms. The van der Waals surface area contributed by atoms with Crippen LogP contribution in [0.25, 0.3) is 10.8 Å². The van der Waals surface area contributed by atoms with Crippen LogP contribution in [0.15, 0.2) is 145 Å². The lowest BCUT2D eigenvalue weighted by Crippen LogP contribution is -2.75. The van der Waals surface area contributed by atoms with E-state index < -0.39 is 206 Å². The van der Waals surface area contributed by atoms with Crippen LogP contribution in [0.3, 0.4) is 0 Å². The molecule has 0 aliphatic carbocycles. The Balaban J connectivity index is 0.000000397. The maximum Gasteiger partial charge on any atom is 0.416 e. The number of benzene rings is 6. The third kappa shape index (κ3) is 13.7. The molecule has 1 heterocycles. The number of aromatic nitrogens is 1. The van der Waals surface area contributed by atoms with E-state index in [0.717, 1.165) is 11.4 Å². The first kappa shape index (κ1) is 59.5. The van der Waals surface area contributed by atoms with Crippen molar-refractivity contribution in [1.29, 1.82) is 0 Å². The summed E-state index contributed by atoms with van der Waals surface area (Å²) < 4.78 is 354. The summed E-state index contributed by atoms with van der Waals surface area (Å²) in [5, 5.41) is 2.49. The van der Waals surface area contributed by atoms with E-state index in [2.05, 4.69) is 47.3 Å². The van der Waals surface area contributed by atoms with E-state index in [1.165, 1.54) is 16.3 Å². The highest BCUT2D eigenvalue weighted by Crippen LogP contribution is 2.41. The molecule has 28 heteroatoms. The van der Waals surface area contributed by atoms with Crippen molar-refractivity contribution < 1.29 is 114 Å². The van der Waals surface area contributed by atoms with E-state index in [4.69, 9.17) is 0 Å². The van der Waals surface area contributed by atoms with Crippen LogP contribution >= 0.6 is 0 Å². The summed E-state index contributed by atoms with van der Waals surface area (Å²) in [7, 11) is -0.909. The molecule has 0 radical (unpaired) electrons. The van der Waals surface area contributed by atoms with Crippen molar-refractivity contribution in [2.24, 2.45) is 0 Å². The fraction of sp³-hybridized carbons (Fsp3) is 0.204. The fourth-order valence-electron chi connectivity index (χ4n) is 8.34. The fourth-order valence-corrected chi connectivity index (χ4v) is 8.86. The van der Waals surface area contributed by atoms with Crippen LogP contribution in [-0.2, 0) is 66.8 Å². The molecule has 0 amide bonds. The van der Waals surface area contributed by atoms with Crippen molar-refractivity contribution in [3.8, 4) is 0 Å². The van der Waals surface area contributed by atoms with E-state index in [1.807, 2.05) is 24.3 Å². The quantitative estimate of drug-likeness (QED) is 0.0885. The summed E-state index contributed by atoms with van der Waals surface area (Å²) in [6.07, 6.45) is -48.9. The van der Waals surface area contributed by atoms with Crippen LogP contribution in [0.1, 0.15) is 50.1 Å². The van der Waals surface area contributed by atoms with E-state index >= 15 is 0 Å². The zero-order valence-electron chi connectivity index (χ0n) is 37.9. The van der Waals surface area contributed by atoms with E-state index in [9.17, 15) is 110 Å². The second-order valence-corrected chi connectivity index (χ2v) is 18.4. The summed E-state index contributed by atoms with van der Waals surface area (Å²) in [5.41, 5.74) is -29.0. The van der Waals surface area contributed by atoms with Gasteiger partial charge in [-0.3, -0.25) is 4.21 Å². The molecule has 0 fully saturated rings. The SMILES string of the molecule is CS(=O)c1ccc(C[n+]2ccc3ccccc3c2)cc1.FC(F)(F)c1cc([B-](c2cc(C(F)(F)F)cc(C(F)(F)F)c2)(c2cc(C(F)(F)F)cc(C(F)(F)F)c2)c2cc(C(F)(F)F)cc(C(F)(F)F)c2)cc(C(F)(F)F)c1. The van der Waals surface area contributed by atoms with Crippen LogP contribution in [0.4, 0.5) is 105 Å². The van der Waals surface area contributed by atoms with Crippen molar-refractivity contribution in [2.75, 3.05) is 6.26 Å². The molecule has 1 unspecified atom stereocenters. The lowest BCUT2D eigenvalue weighted by molar-refractivity contribution is -0.687. The Labute approximate surface area is 419 Å². The highest BCUT2D eigenvalue weighted by atomic mass is 32.2. The Kier molecular flexibility index (Phi) is 15.9. The van der Waals surface area contributed by atoms with Crippen LogP contribution in [-0.4, -0.2) is 16.6 Å². The molecule has 0 saturated carbocycles. The zero-order valence-corrected chi connectivity index (χ0v) is 38.7. The average molecular weight is 1150 g/mol. The third-order valence-corrected chi connectivity index (χ3v) is 12.7. The minimum atomic E-state index is -6.13. The summed E-state index contributed by atoms with van der Waals surface area (Å²) in [6, 6.07) is 9.62. The summed E-state index contributed by atoms with van der Waals surface area (Å²) >= 11 is 0. The molecule has 1 aromatic heterocycles.